The van der Waals surface area contributed by atoms with Gasteiger partial charge in [0.25, 0.3) is 5.91 Å². The molecule has 0 bridgehead atoms. The number of nitrogens with one attached hydrogen (secondary N) is 1. The zero-order valence-corrected chi connectivity index (χ0v) is 16.8. The molecule has 6 nitrogen and oxygen atoms in total. The van der Waals surface area contributed by atoms with Crippen molar-refractivity contribution in [2.24, 2.45) is 11.8 Å². The van der Waals surface area contributed by atoms with E-state index in [4.69, 9.17) is 4.74 Å². The summed E-state index contributed by atoms with van der Waals surface area (Å²) in [5.41, 5.74) is -0.0347. The van der Waals surface area contributed by atoms with Crippen LogP contribution in [0.2, 0.25) is 0 Å². The maximum Gasteiger partial charge on any atom is 0.341 e. The lowest BCUT2D eigenvalue weighted by Crippen LogP contribution is -2.47. The number of alkyl halides is 2. The molecule has 0 aliphatic heterocycles. The van der Waals surface area contributed by atoms with Gasteiger partial charge in [-0.25, -0.2) is 13.2 Å². The number of esters is 1. The fourth-order valence-corrected chi connectivity index (χ4v) is 3.97. The number of hydrogen-bond donors (Lipinski definition) is 1. The second kappa shape index (κ2) is 8.98. The Morgan fingerprint density at radius 3 is 2.32 bits per heavy atom. The van der Waals surface area contributed by atoms with Crippen LogP contribution in [-0.2, 0) is 19.4 Å². The molecule has 0 heterocycles. The first kappa shape index (κ1) is 22.3. The van der Waals surface area contributed by atoms with E-state index in [1.54, 1.807) is 0 Å². The predicted molar refractivity (Wildman–Crippen MR) is 98.6 cm³/mol. The molecular weight excluding hydrogens is 392 g/mol. The Balaban J connectivity index is 1.97. The predicted octanol–water partition coefficient (Wildman–Crippen LogP) is 3.17. The van der Waals surface area contributed by atoms with E-state index in [2.05, 4.69) is 19.2 Å². The fraction of sp³-hybridized carbons (Fsp3) is 0.579. The molecule has 0 saturated heterocycles. The molecule has 156 valence electrons. The van der Waals surface area contributed by atoms with Crippen molar-refractivity contribution in [1.82, 2.24) is 5.32 Å². The molecule has 1 aliphatic rings. The second-order valence-corrected chi connectivity index (χ2v) is 9.18. The van der Waals surface area contributed by atoms with E-state index in [0.717, 1.165) is 43.5 Å². The highest BCUT2D eigenvalue weighted by Crippen LogP contribution is 2.29. The zero-order chi connectivity index (χ0) is 21.1. The van der Waals surface area contributed by atoms with E-state index in [1.165, 1.54) is 6.92 Å². The number of benzene rings is 1. The molecule has 9 heteroatoms. The molecule has 2 rings (SSSR count). The first-order valence-electron chi connectivity index (χ1n) is 9.17. The van der Waals surface area contributed by atoms with Crippen LogP contribution >= 0.6 is 0 Å². The third-order valence-corrected chi connectivity index (χ3v) is 6.74. The Morgan fingerprint density at radius 2 is 1.75 bits per heavy atom. The van der Waals surface area contributed by atoms with Crippen LogP contribution in [0.25, 0.3) is 0 Å². The van der Waals surface area contributed by atoms with Crippen molar-refractivity contribution in [2.45, 2.75) is 62.8 Å². The molecule has 1 saturated carbocycles. The van der Waals surface area contributed by atoms with E-state index in [9.17, 15) is 26.8 Å². The minimum atomic E-state index is -4.73. The SMILES string of the molecule is C[C@@H]1[C@@H](C)CCC[C@H]1NC(=O)[C@@H](C)OC(=O)c1ccc(S(=O)(=O)C(F)F)cc1. The maximum absolute atomic E-state index is 12.5. The average Bonchev–Trinajstić information content (AvgIpc) is 2.65. The number of hydrogen-bond acceptors (Lipinski definition) is 5. The quantitative estimate of drug-likeness (QED) is 0.718. The lowest BCUT2D eigenvalue weighted by molar-refractivity contribution is -0.130. The van der Waals surface area contributed by atoms with Crippen LogP contribution in [0.15, 0.2) is 29.2 Å². The highest BCUT2D eigenvalue weighted by atomic mass is 32.2. The number of sulfone groups is 1. The van der Waals surface area contributed by atoms with Crippen LogP contribution in [0.4, 0.5) is 8.78 Å². The van der Waals surface area contributed by atoms with Crippen LogP contribution in [0.5, 0.6) is 0 Å². The van der Waals surface area contributed by atoms with Crippen LogP contribution in [0.3, 0.4) is 0 Å². The Hall–Kier alpha value is -2.03. The minimum absolute atomic E-state index is 0.0243. The topological polar surface area (TPSA) is 89.5 Å². The number of rotatable bonds is 6. The smallest absolute Gasteiger partial charge is 0.341 e. The minimum Gasteiger partial charge on any atom is -0.449 e. The largest absolute Gasteiger partial charge is 0.449 e. The lowest BCUT2D eigenvalue weighted by Gasteiger charge is -2.35. The molecular formula is C19H25F2NO5S. The fourth-order valence-electron chi connectivity index (χ4n) is 3.25. The molecule has 0 radical (unpaired) electrons. The van der Waals surface area contributed by atoms with Gasteiger partial charge in [0.2, 0.25) is 9.84 Å². The van der Waals surface area contributed by atoms with Gasteiger partial charge in [0.05, 0.1) is 10.5 Å². The molecule has 1 aliphatic carbocycles. The highest BCUT2D eigenvalue weighted by Gasteiger charge is 2.30. The molecule has 1 aromatic carbocycles. The van der Waals surface area contributed by atoms with E-state index in [1.807, 2.05) is 0 Å². The zero-order valence-electron chi connectivity index (χ0n) is 16.0. The number of ether oxygens (including phenoxy) is 1. The van der Waals surface area contributed by atoms with Crippen LogP contribution in [0.1, 0.15) is 50.4 Å². The van der Waals surface area contributed by atoms with Gasteiger partial charge in [0.15, 0.2) is 6.10 Å². The van der Waals surface area contributed by atoms with E-state index >= 15 is 0 Å². The lowest BCUT2D eigenvalue weighted by atomic mass is 9.78. The molecule has 4 atom stereocenters. The number of carbonyl (C=O) groups is 2. The summed E-state index contributed by atoms with van der Waals surface area (Å²) in [6.07, 6.45) is 1.98. The highest BCUT2D eigenvalue weighted by molar-refractivity contribution is 7.91. The first-order valence-corrected chi connectivity index (χ1v) is 10.7. The van der Waals surface area contributed by atoms with Crippen LogP contribution in [-0.4, -0.2) is 38.2 Å². The van der Waals surface area contributed by atoms with E-state index in [0.29, 0.717) is 11.8 Å². The van der Waals surface area contributed by atoms with Crippen molar-refractivity contribution in [3.05, 3.63) is 29.8 Å². The molecule has 1 amide bonds. The van der Waals surface area contributed by atoms with Crippen molar-refractivity contribution in [2.75, 3.05) is 0 Å². The summed E-state index contributed by atoms with van der Waals surface area (Å²) < 4.78 is 53.0. The van der Waals surface area contributed by atoms with Gasteiger partial charge in [0.1, 0.15) is 0 Å². The molecule has 1 N–H and O–H groups in total. The van der Waals surface area contributed by atoms with Gasteiger partial charge in [-0.1, -0.05) is 26.7 Å². The van der Waals surface area contributed by atoms with Crippen molar-refractivity contribution in [1.29, 1.82) is 0 Å². The van der Waals surface area contributed by atoms with Crippen LogP contribution in [0, 0.1) is 11.8 Å². The van der Waals surface area contributed by atoms with Crippen molar-refractivity contribution >= 4 is 21.7 Å². The van der Waals surface area contributed by atoms with Crippen molar-refractivity contribution < 1.29 is 31.5 Å². The summed E-state index contributed by atoms with van der Waals surface area (Å²) in [5.74, 6) is -3.96. The number of amides is 1. The number of halogens is 2. The summed E-state index contributed by atoms with van der Waals surface area (Å²) in [6.45, 7) is 5.67. The summed E-state index contributed by atoms with van der Waals surface area (Å²) >= 11 is 0. The van der Waals surface area contributed by atoms with Gasteiger partial charge in [-0.05, 0) is 49.4 Å². The van der Waals surface area contributed by atoms with E-state index < -0.39 is 38.5 Å². The van der Waals surface area contributed by atoms with Gasteiger partial charge < -0.3 is 10.1 Å². The molecule has 0 aromatic heterocycles. The summed E-state index contributed by atoms with van der Waals surface area (Å²) in [6, 6.07) is 4.00. The van der Waals surface area contributed by atoms with Crippen molar-refractivity contribution in [3.63, 3.8) is 0 Å². The monoisotopic (exact) mass is 417 g/mol. The summed E-state index contributed by atoms with van der Waals surface area (Å²) in [7, 11) is -4.73. The Labute approximate surface area is 163 Å². The van der Waals surface area contributed by atoms with Crippen LogP contribution < -0.4 is 5.32 Å². The Kier molecular flexibility index (Phi) is 7.14. The van der Waals surface area contributed by atoms with Gasteiger partial charge >= 0.3 is 11.7 Å². The van der Waals surface area contributed by atoms with Crippen molar-refractivity contribution in [3.8, 4) is 0 Å². The normalized spacial score (nSPS) is 23.9. The second-order valence-electron chi connectivity index (χ2n) is 7.26. The number of carbonyl (C=O) groups excluding carboxylic acids is 2. The molecule has 1 aromatic rings. The molecule has 0 spiro atoms. The molecule has 1 fully saturated rings. The van der Waals surface area contributed by atoms with Gasteiger partial charge in [-0.15, -0.1) is 0 Å². The maximum atomic E-state index is 12.5. The van der Waals surface area contributed by atoms with Gasteiger partial charge in [0, 0.05) is 6.04 Å². The summed E-state index contributed by atoms with van der Waals surface area (Å²) in [5, 5.41) is 2.92. The van der Waals surface area contributed by atoms with Gasteiger partial charge in [-0.2, -0.15) is 8.78 Å². The first-order chi connectivity index (χ1) is 13.0. The van der Waals surface area contributed by atoms with E-state index in [-0.39, 0.29) is 11.6 Å². The third kappa shape index (κ3) is 5.06. The average molecular weight is 417 g/mol. The molecule has 0 unspecified atom stereocenters. The standard InChI is InChI=1S/C19H25F2NO5S/c1-11-5-4-6-16(12(11)2)22-17(23)13(3)27-18(24)14-7-9-15(10-8-14)28(25,26)19(20)21/h7-13,16,19H,4-6H2,1-3H3,(H,22,23)/t11-,12+,13+,16+/m0/s1. The van der Waals surface area contributed by atoms with Gasteiger partial charge in [-0.3, -0.25) is 4.79 Å². The third-order valence-electron chi connectivity index (χ3n) is 5.34. The Bertz CT molecular complexity index is 810. The Morgan fingerprint density at radius 1 is 1.14 bits per heavy atom. The molecule has 28 heavy (non-hydrogen) atoms. The summed E-state index contributed by atoms with van der Waals surface area (Å²) in [4.78, 5) is 23.9.